The molecule has 1 aromatic rings. The zero-order chi connectivity index (χ0) is 22.0. The van der Waals surface area contributed by atoms with Crippen molar-refractivity contribution in [1.82, 2.24) is 9.62 Å². The van der Waals surface area contributed by atoms with Gasteiger partial charge in [0.2, 0.25) is 10.0 Å². The summed E-state index contributed by atoms with van der Waals surface area (Å²) in [6, 6.07) is -0.712. The number of hydrogen-bond donors (Lipinski definition) is 1. The van der Waals surface area contributed by atoms with Crippen LogP contribution in [-0.4, -0.2) is 63.9 Å². The fourth-order valence-electron chi connectivity index (χ4n) is 3.26. The monoisotopic (exact) mass is 442 g/mol. The van der Waals surface area contributed by atoms with Crippen LogP contribution in [0.3, 0.4) is 0 Å². The van der Waals surface area contributed by atoms with Gasteiger partial charge in [-0.05, 0) is 31.4 Å². The third-order valence-electron chi connectivity index (χ3n) is 4.42. The minimum atomic E-state index is -4.47. The van der Waals surface area contributed by atoms with Crippen LogP contribution in [0.2, 0.25) is 0 Å². The first-order valence-electron chi connectivity index (χ1n) is 8.65. The van der Waals surface area contributed by atoms with E-state index in [0.29, 0.717) is 12.5 Å². The van der Waals surface area contributed by atoms with Crippen LogP contribution in [0, 0.1) is 18.6 Å². The van der Waals surface area contributed by atoms with Gasteiger partial charge in [-0.2, -0.15) is 8.78 Å². The molecule has 1 aliphatic heterocycles. The van der Waals surface area contributed by atoms with E-state index in [4.69, 9.17) is 4.74 Å². The molecule has 2 atom stereocenters. The third kappa shape index (κ3) is 5.80. The number of methoxy groups -OCH3 is 1. The molecule has 1 fully saturated rings. The number of amides is 1. The topological polar surface area (TPSA) is 84.9 Å². The summed E-state index contributed by atoms with van der Waals surface area (Å²) in [4.78, 5) is 13.3. The first-order valence-corrected chi connectivity index (χ1v) is 10.5. The lowest BCUT2D eigenvalue weighted by molar-refractivity contribution is -0.209. The number of piperidine rings is 1. The van der Waals surface area contributed by atoms with E-state index in [1.165, 1.54) is 7.11 Å². The first kappa shape index (κ1) is 23.4. The number of likely N-dealkylation sites (tertiary alicyclic amines) is 1. The summed E-state index contributed by atoms with van der Waals surface area (Å²) in [5.41, 5.74) is -0.251. The maximum Gasteiger partial charge on any atom is 0.482 e. The number of carbonyl (C=O) groups excluding carboxylic acids is 1. The smallest absolute Gasteiger partial charge is 0.422 e. The number of carbonyl (C=O) groups is 1. The number of alkyl halides is 2. The highest BCUT2D eigenvalue weighted by molar-refractivity contribution is 7.88. The van der Waals surface area contributed by atoms with E-state index >= 15 is 0 Å². The second kappa shape index (κ2) is 8.84. The van der Waals surface area contributed by atoms with Crippen molar-refractivity contribution >= 4 is 15.9 Å². The molecule has 0 saturated carbocycles. The molecule has 1 saturated heterocycles. The van der Waals surface area contributed by atoms with E-state index < -0.39 is 51.5 Å². The van der Waals surface area contributed by atoms with Gasteiger partial charge in [0.15, 0.2) is 11.6 Å². The van der Waals surface area contributed by atoms with Gasteiger partial charge in [-0.1, -0.05) is 0 Å². The number of sulfonamides is 1. The van der Waals surface area contributed by atoms with Crippen molar-refractivity contribution in [2.45, 2.75) is 38.0 Å². The molecule has 164 valence electrons. The molecule has 1 N–H and O–H groups in total. The Hall–Kier alpha value is -1.92. The van der Waals surface area contributed by atoms with Gasteiger partial charge in [0.25, 0.3) is 0 Å². The van der Waals surface area contributed by atoms with E-state index in [-0.39, 0.29) is 25.1 Å². The number of hydrogen-bond acceptors (Lipinski definition) is 5. The number of rotatable bonds is 7. The molecule has 1 aromatic carbocycles. The fraction of sp³-hybridized carbons (Fsp3) is 0.588. The Morgan fingerprint density at radius 3 is 2.55 bits per heavy atom. The van der Waals surface area contributed by atoms with Crippen LogP contribution in [0.4, 0.5) is 17.6 Å². The average Bonchev–Trinajstić information content (AvgIpc) is 2.58. The number of aryl methyl sites for hydroxylation is 1. The number of ether oxygens (including phenoxy) is 2. The van der Waals surface area contributed by atoms with Gasteiger partial charge < -0.3 is 14.4 Å². The zero-order valence-corrected chi connectivity index (χ0v) is 16.9. The van der Waals surface area contributed by atoms with Crippen LogP contribution < -0.4 is 9.46 Å². The lowest BCUT2D eigenvalue weighted by Crippen LogP contribution is -2.62. The van der Waals surface area contributed by atoms with Gasteiger partial charge in [0.05, 0.1) is 18.9 Å². The van der Waals surface area contributed by atoms with Crippen LogP contribution >= 0.6 is 0 Å². The van der Waals surface area contributed by atoms with Gasteiger partial charge in [0.1, 0.15) is 5.82 Å². The summed E-state index contributed by atoms with van der Waals surface area (Å²) < 4.78 is 91.0. The molecule has 1 unspecified atom stereocenters. The van der Waals surface area contributed by atoms with E-state index in [9.17, 15) is 30.8 Å². The SMILES string of the molecule is COC[C@H]1C(NS(C)(=O)=O)CCCN1C(=O)C(F)(F)Oc1c(C)cc(F)cc1F. The average molecular weight is 442 g/mol. The van der Waals surface area contributed by atoms with Gasteiger partial charge in [-0.15, -0.1) is 0 Å². The number of halogens is 4. The quantitative estimate of drug-likeness (QED) is 0.651. The number of nitrogens with one attached hydrogen (secondary N) is 1. The first-order chi connectivity index (χ1) is 13.4. The van der Waals surface area contributed by atoms with E-state index in [0.717, 1.165) is 24.1 Å². The van der Waals surface area contributed by atoms with Crippen molar-refractivity contribution in [2.24, 2.45) is 0 Å². The summed E-state index contributed by atoms with van der Waals surface area (Å²) in [7, 11) is -2.39. The molecule has 0 radical (unpaired) electrons. The van der Waals surface area contributed by atoms with Crippen LogP contribution in [0.5, 0.6) is 5.75 Å². The summed E-state index contributed by atoms with van der Waals surface area (Å²) in [6.07, 6.45) is -3.00. The molecule has 1 aliphatic rings. The van der Waals surface area contributed by atoms with Gasteiger partial charge in [0, 0.05) is 25.8 Å². The standard InChI is InChI=1S/C17H22F4N2O5S/c1-10-7-11(18)8-12(19)15(10)28-17(20,21)16(24)23-6-4-5-13(14(23)9-27-2)22-29(3,25)26/h7-8,13-14,22H,4-6,9H2,1-3H3/t13?,14-/m0/s1. The van der Waals surface area contributed by atoms with E-state index in [1.807, 2.05) is 0 Å². The highest BCUT2D eigenvalue weighted by Gasteiger charge is 2.50. The summed E-state index contributed by atoms with van der Waals surface area (Å²) in [6.45, 7) is 0.848. The number of nitrogens with zero attached hydrogens (tertiary/aromatic N) is 1. The van der Waals surface area contributed by atoms with Gasteiger partial charge >= 0.3 is 12.0 Å². The van der Waals surface area contributed by atoms with E-state index in [1.54, 1.807) is 0 Å². The molecule has 12 heteroatoms. The maximum atomic E-state index is 14.6. The third-order valence-corrected chi connectivity index (χ3v) is 5.15. The Morgan fingerprint density at radius 1 is 1.34 bits per heavy atom. The fourth-order valence-corrected chi connectivity index (χ4v) is 4.08. The molecule has 29 heavy (non-hydrogen) atoms. The second-order valence-electron chi connectivity index (χ2n) is 6.81. The molecular formula is C17H22F4N2O5S. The Morgan fingerprint density at radius 2 is 2.00 bits per heavy atom. The Labute approximate surface area is 166 Å². The minimum Gasteiger partial charge on any atom is -0.422 e. The lowest BCUT2D eigenvalue weighted by Gasteiger charge is -2.41. The molecule has 0 aromatic heterocycles. The maximum absolute atomic E-state index is 14.6. The van der Waals surface area contributed by atoms with E-state index in [2.05, 4.69) is 9.46 Å². The van der Waals surface area contributed by atoms with Crippen molar-refractivity contribution < 1.29 is 40.2 Å². The molecule has 0 spiro atoms. The molecule has 1 amide bonds. The Kier molecular flexibility index (Phi) is 7.12. The summed E-state index contributed by atoms with van der Waals surface area (Å²) in [5, 5.41) is 0. The minimum absolute atomic E-state index is 0.0986. The van der Waals surface area contributed by atoms with Gasteiger partial charge in [-0.25, -0.2) is 21.9 Å². The predicted octanol–water partition coefficient (Wildman–Crippen LogP) is 1.80. The molecule has 7 nitrogen and oxygen atoms in total. The molecule has 2 rings (SSSR count). The highest BCUT2D eigenvalue weighted by Crippen LogP contribution is 2.32. The molecule has 1 heterocycles. The molecule has 0 bridgehead atoms. The molecule has 0 aliphatic carbocycles. The van der Waals surface area contributed by atoms with Crippen LogP contribution in [-0.2, 0) is 19.6 Å². The summed E-state index contributed by atoms with van der Waals surface area (Å²) in [5.74, 6) is -5.08. The van der Waals surface area contributed by atoms with Crippen molar-refractivity contribution in [1.29, 1.82) is 0 Å². The van der Waals surface area contributed by atoms with Crippen molar-refractivity contribution in [2.75, 3.05) is 26.5 Å². The van der Waals surface area contributed by atoms with Crippen molar-refractivity contribution in [3.05, 3.63) is 29.3 Å². The Bertz CT molecular complexity index is 842. The number of benzene rings is 1. The van der Waals surface area contributed by atoms with Crippen molar-refractivity contribution in [3.63, 3.8) is 0 Å². The summed E-state index contributed by atoms with van der Waals surface area (Å²) >= 11 is 0. The normalized spacial score (nSPS) is 20.6. The van der Waals surface area contributed by atoms with Crippen LogP contribution in [0.1, 0.15) is 18.4 Å². The zero-order valence-electron chi connectivity index (χ0n) is 16.0. The lowest BCUT2D eigenvalue weighted by atomic mass is 9.97. The Balaban J connectivity index is 2.29. The predicted molar refractivity (Wildman–Crippen MR) is 95.0 cm³/mol. The van der Waals surface area contributed by atoms with Crippen LogP contribution in [0.15, 0.2) is 12.1 Å². The van der Waals surface area contributed by atoms with Crippen LogP contribution in [0.25, 0.3) is 0 Å². The molecular weight excluding hydrogens is 420 g/mol. The van der Waals surface area contributed by atoms with Gasteiger partial charge in [-0.3, -0.25) is 4.79 Å². The largest absolute Gasteiger partial charge is 0.482 e. The highest BCUT2D eigenvalue weighted by atomic mass is 32.2. The second-order valence-corrected chi connectivity index (χ2v) is 8.59. The van der Waals surface area contributed by atoms with Crippen molar-refractivity contribution in [3.8, 4) is 5.75 Å².